The Morgan fingerprint density at radius 2 is 1.93 bits per heavy atom. The van der Waals surface area contributed by atoms with Crippen LogP contribution in [0.3, 0.4) is 0 Å². The van der Waals surface area contributed by atoms with Crippen molar-refractivity contribution in [1.82, 2.24) is 19.7 Å². The third kappa shape index (κ3) is 2.39. The van der Waals surface area contributed by atoms with Crippen molar-refractivity contribution in [2.75, 3.05) is 5.73 Å². The fraction of sp³-hybridized carbons (Fsp3) is 0. The van der Waals surface area contributed by atoms with E-state index in [0.29, 0.717) is 5.69 Å². The van der Waals surface area contributed by atoms with Crippen LogP contribution in [0.25, 0.3) is 11.4 Å². The first kappa shape index (κ1) is 16.3. The van der Waals surface area contributed by atoms with Gasteiger partial charge in [0.05, 0.1) is 28.1 Å². The van der Waals surface area contributed by atoms with Gasteiger partial charge in [-0.2, -0.15) is 5.10 Å². The van der Waals surface area contributed by atoms with E-state index in [2.05, 4.69) is 10.4 Å². The summed E-state index contributed by atoms with van der Waals surface area (Å²) in [7, 11) is 0. The summed E-state index contributed by atoms with van der Waals surface area (Å²) in [5.41, 5.74) is 5.17. The summed E-state index contributed by atoms with van der Waals surface area (Å²) < 4.78 is 2.37. The summed E-state index contributed by atoms with van der Waals surface area (Å²) in [6.45, 7) is 0. The lowest BCUT2D eigenvalue weighted by molar-refractivity contribution is 0.0696. The van der Waals surface area contributed by atoms with Crippen molar-refractivity contribution in [2.24, 2.45) is 0 Å². The Balaban J connectivity index is 2.04. The number of nitrogens with zero attached hydrogens (tertiary/aromatic N) is 3. The van der Waals surface area contributed by atoms with Crippen LogP contribution in [0.15, 0.2) is 47.5 Å². The lowest BCUT2D eigenvalue weighted by Crippen LogP contribution is -2.25. The molecule has 0 unspecified atom stereocenters. The van der Waals surface area contributed by atoms with Gasteiger partial charge in [0.1, 0.15) is 5.82 Å². The van der Waals surface area contributed by atoms with E-state index in [4.69, 9.17) is 5.73 Å². The van der Waals surface area contributed by atoms with Gasteiger partial charge in [-0.25, -0.2) is 9.48 Å². The average molecular weight is 365 g/mol. The van der Waals surface area contributed by atoms with Gasteiger partial charge in [0.15, 0.2) is 0 Å². The molecule has 0 saturated heterocycles. The highest BCUT2D eigenvalue weighted by Gasteiger charge is 2.32. The van der Waals surface area contributed by atoms with Crippen molar-refractivity contribution in [1.29, 1.82) is 0 Å². The van der Waals surface area contributed by atoms with Gasteiger partial charge in [0.25, 0.3) is 17.4 Å². The molecule has 0 atom stereocenters. The Morgan fingerprint density at radius 1 is 1.15 bits per heavy atom. The Kier molecular flexibility index (Phi) is 3.41. The predicted molar refractivity (Wildman–Crippen MR) is 92.3 cm³/mol. The normalized spacial score (nSPS) is 12.7. The van der Waals surface area contributed by atoms with E-state index in [1.54, 1.807) is 12.3 Å². The molecule has 1 aliphatic rings. The largest absolute Gasteiger partial charge is 0.478 e. The van der Waals surface area contributed by atoms with E-state index in [1.165, 1.54) is 29.1 Å². The number of carboxylic acids is 1. The van der Waals surface area contributed by atoms with Crippen LogP contribution in [-0.2, 0) is 0 Å². The highest BCUT2D eigenvalue weighted by Crippen LogP contribution is 2.26. The minimum Gasteiger partial charge on any atom is -0.478 e. The van der Waals surface area contributed by atoms with Crippen molar-refractivity contribution in [3.8, 4) is 11.4 Å². The van der Waals surface area contributed by atoms with Crippen molar-refractivity contribution in [3.05, 3.63) is 69.8 Å². The van der Waals surface area contributed by atoms with Crippen LogP contribution in [0.1, 0.15) is 31.1 Å². The monoisotopic (exact) mass is 365 g/mol. The van der Waals surface area contributed by atoms with Crippen LogP contribution in [0.4, 0.5) is 5.82 Å². The van der Waals surface area contributed by atoms with E-state index >= 15 is 0 Å². The summed E-state index contributed by atoms with van der Waals surface area (Å²) in [5.74, 6) is -3.08. The average Bonchev–Trinajstić information content (AvgIpc) is 3.23. The third-order valence-electron chi connectivity index (χ3n) is 4.17. The quantitative estimate of drug-likeness (QED) is 0.561. The number of carboxylic acid groups (broad SMARTS) is 1. The van der Waals surface area contributed by atoms with Gasteiger partial charge in [-0.15, -0.1) is 0 Å². The van der Waals surface area contributed by atoms with Gasteiger partial charge < -0.3 is 10.8 Å². The van der Waals surface area contributed by atoms with Crippen molar-refractivity contribution in [2.45, 2.75) is 0 Å². The number of benzene rings is 1. The Hall–Kier alpha value is -4.21. The number of pyridine rings is 1. The molecule has 0 aliphatic carbocycles. The van der Waals surface area contributed by atoms with Crippen molar-refractivity contribution >= 4 is 23.6 Å². The molecule has 27 heavy (non-hydrogen) atoms. The number of nitrogen functional groups attached to an aromatic ring is 1. The highest BCUT2D eigenvalue weighted by molar-refractivity contribution is 6.23. The van der Waals surface area contributed by atoms with Crippen molar-refractivity contribution in [3.63, 3.8) is 0 Å². The summed E-state index contributed by atoms with van der Waals surface area (Å²) in [6.07, 6.45) is 3.18. The summed E-state index contributed by atoms with van der Waals surface area (Å²) in [4.78, 5) is 48.0. The molecular weight excluding hydrogens is 354 g/mol. The minimum absolute atomic E-state index is 0.0482. The topological polar surface area (TPSA) is 149 Å². The van der Waals surface area contributed by atoms with Crippen LogP contribution in [-0.4, -0.2) is 37.2 Å². The molecule has 4 N–H and O–H groups in total. The zero-order valence-corrected chi connectivity index (χ0v) is 13.5. The standard InChI is InChI=1S/C17H11N5O5/c18-14-13-10(15(24)20-16(13)25)7-12(23)22(14)11-6-8(21-5-1-4-19-21)2-3-9(11)17(26)27/h1-7H,18H2,(H,26,27)(H,20,24,25). The zero-order chi connectivity index (χ0) is 19.3. The molecule has 0 fully saturated rings. The zero-order valence-electron chi connectivity index (χ0n) is 13.5. The number of anilines is 1. The second kappa shape index (κ2) is 5.66. The second-order valence-corrected chi connectivity index (χ2v) is 5.73. The molecule has 0 bridgehead atoms. The van der Waals surface area contributed by atoms with E-state index in [0.717, 1.165) is 10.6 Å². The lowest BCUT2D eigenvalue weighted by Gasteiger charge is -2.15. The van der Waals surface area contributed by atoms with Gasteiger partial charge >= 0.3 is 5.97 Å². The maximum atomic E-state index is 12.6. The summed E-state index contributed by atoms with van der Waals surface area (Å²) >= 11 is 0. The fourth-order valence-corrected chi connectivity index (χ4v) is 2.98. The molecule has 0 radical (unpaired) electrons. The maximum absolute atomic E-state index is 12.6. The molecule has 4 rings (SSSR count). The number of aromatic nitrogens is 3. The smallest absolute Gasteiger partial charge is 0.337 e. The van der Waals surface area contributed by atoms with Gasteiger partial charge in [0, 0.05) is 18.5 Å². The SMILES string of the molecule is Nc1c2c(cc(=O)n1-c1cc(-n3cccn3)ccc1C(=O)O)C(=O)NC2=O. The number of nitrogens with one attached hydrogen (secondary N) is 1. The van der Waals surface area contributed by atoms with E-state index in [-0.39, 0.29) is 28.2 Å². The number of hydrogen-bond donors (Lipinski definition) is 3. The number of imide groups is 1. The number of fused-ring (bicyclic) bond motifs is 1. The number of carbonyl (C=O) groups is 3. The number of hydrogen-bond acceptors (Lipinski definition) is 6. The summed E-state index contributed by atoms with van der Waals surface area (Å²) in [6, 6.07) is 6.87. The number of nitrogens with two attached hydrogens (primary N) is 1. The van der Waals surface area contributed by atoms with Crippen LogP contribution in [0.5, 0.6) is 0 Å². The number of amides is 2. The van der Waals surface area contributed by atoms with E-state index in [1.807, 2.05) is 0 Å². The van der Waals surface area contributed by atoms with Crippen LogP contribution < -0.4 is 16.6 Å². The van der Waals surface area contributed by atoms with Gasteiger partial charge in [-0.3, -0.25) is 24.3 Å². The van der Waals surface area contributed by atoms with Crippen LogP contribution >= 0.6 is 0 Å². The molecule has 134 valence electrons. The summed E-state index contributed by atoms with van der Waals surface area (Å²) in [5, 5.41) is 15.6. The first-order chi connectivity index (χ1) is 12.9. The van der Waals surface area contributed by atoms with Crippen molar-refractivity contribution < 1.29 is 19.5 Å². The highest BCUT2D eigenvalue weighted by atomic mass is 16.4. The molecule has 10 nitrogen and oxygen atoms in total. The third-order valence-corrected chi connectivity index (χ3v) is 4.17. The van der Waals surface area contributed by atoms with Gasteiger partial charge in [0.2, 0.25) is 0 Å². The molecule has 3 heterocycles. The number of carbonyl (C=O) groups excluding carboxylic acids is 2. The minimum atomic E-state index is -1.29. The molecule has 2 amide bonds. The maximum Gasteiger partial charge on any atom is 0.337 e. The Bertz CT molecular complexity index is 1190. The molecular formula is C17H11N5O5. The molecule has 1 aliphatic heterocycles. The molecule has 2 aromatic heterocycles. The Labute approximate surface area is 150 Å². The molecule has 0 saturated carbocycles. The first-order valence-corrected chi connectivity index (χ1v) is 7.67. The van der Waals surface area contributed by atoms with Crippen LogP contribution in [0, 0.1) is 0 Å². The number of aromatic carboxylic acids is 1. The predicted octanol–water partition coefficient (Wildman–Crippen LogP) is 0.187. The second-order valence-electron chi connectivity index (χ2n) is 5.73. The molecule has 1 aromatic carbocycles. The Morgan fingerprint density at radius 3 is 2.59 bits per heavy atom. The number of rotatable bonds is 3. The lowest BCUT2D eigenvalue weighted by atomic mass is 10.1. The van der Waals surface area contributed by atoms with E-state index in [9.17, 15) is 24.3 Å². The molecule has 3 aromatic rings. The molecule has 0 spiro atoms. The van der Waals surface area contributed by atoms with Gasteiger partial charge in [-0.1, -0.05) is 0 Å². The van der Waals surface area contributed by atoms with Crippen LogP contribution in [0.2, 0.25) is 0 Å². The first-order valence-electron chi connectivity index (χ1n) is 7.67. The van der Waals surface area contributed by atoms with E-state index < -0.39 is 23.3 Å². The molecule has 10 heteroatoms. The van der Waals surface area contributed by atoms with Gasteiger partial charge in [-0.05, 0) is 24.3 Å². The fourth-order valence-electron chi connectivity index (χ4n) is 2.98.